The van der Waals surface area contributed by atoms with E-state index in [1.807, 2.05) is 53.2 Å². The van der Waals surface area contributed by atoms with Crippen molar-refractivity contribution < 1.29 is 9.53 Å². The fourth-order valence-electron chi connectivity index (χ4n) is 4.52. The summed E-state index contributed by atoms with van der Waals surface area (Å²) in [7, 11) is 1.66. The molecule has 1 aliphatic rings. The minimum Gasteiger partial charge on any atom is -0.497 e. The molecule has 7 heteroatoms. The van der Waals surface area contributed by atoms with Gasteiger partial charge in [0, 0.05) is 31.2 Å². The average molecular weight is 456 g/mol. The summed E-state index contributed by atoms with van der Waals surface area (Å²) >= 11 is 0. The number of benzene rings is 3. The number of nitrogens with one attached hydrogen (secondary N) is 1. The van der Waals surface area contributed by atoms with Crippen molar-refractivity contribution in [2.75, 3.05) is 20.2 Å². The van der Waals surface area contributed by atoms with Gasteiger partial charge in [-0.15, -0.1) is 5.10 Å². The second kappa shape index (κ2) is 10.1. The van der Waals surface area contributed by atoms with Crippen LogP contribution in [0.5, 0.6) is 5.75 Å². The maximum atomic E-state index is 12.9. The molecule has 3 aromatic carbocycles. The molecule has 0 saturated carbocycles. The van der Waals surface area contributed by atoms with Crippen molar-refractivity contribution in [3.63, 3.8) is 0 Å². The van der Waals surface area contributed by atoms with Crippen LogP contribution in [0.1, 0.15) is 34.3 Å². The van der Waals surface area contributed by atoms with Crippen molar-refractivity contribution in [3.8, 4) is 5.75 Å². The first-order valence-electron chi connectivity index (χ1n) is 11.7. The quantitative estimate of drug-likeness (QED) is 0.458. The highest BCUT2D eigenvalue weighted by atomic mass is 16.5. The van der Waals surface area contributed by atoms with Crippen LogP contribution in [-0.4, -0.2) is 52.0 Å². The third-order valence-electron chi connectivity index (χ3n) is 6.41. The maximum Gasteiger partial charge on any atom is 0.251 e. The van der Waals surface area contributed by atoms with Crippen LogP contribution in [-0.2, 0) is 13.1 Å². The predicted molar refractivity (Wildman–Crippen MR) is 132 cm³/mol. The van der Waals surface area contributed by atoms with Crippen molar-refractivity contribution in [1.82, 2.24) is 25.2 Å². The van der Waals surface area contributed by atoms with Crippen LogP contribution in [0.4, 0.5) is 0 Å². The number of nitrogens with zero attached hydrogens (tertiary/aromatic N) is 4. The number of aromatic nitrogens is 3. The lowest BCUT2D eigenvalue weighted by atomic mass is 10.0. The minimum absolute atomic E-state index is 0.0502. The van der Waals surface area contributed by atoms with Gasteiger partial charge in [0.1, 0.15) is 11.3 Å². The molecular weight excluding hydrogens is 426 g/mol. The molecule has 0 radical (unpaired) electrons. The summed E-state index contributed by atoms with van der Waals surface area (Å²) in [5, 5.41) is 11.8. The van der Waals surface area contributed by atoms with Crippen LogP contribution in [0.15, 0.2) is 72.8 Å². The van der Waals surface area contributed by atoms with E-state index in [0.717, 1.165) is 49.3 Å². The summed E-state index contributed by atoms with van der Waals surface area (Å²) in [6.45, 7) is 3.51. The van der Waals surface area contributed by atoms with E-state index >= 15 is 0 Å². The predicted octanol–water partition coefficient (Wildman–Crippen LogP) is 3.88. The number of carbonyl (C=O) groups excluding carboxylic acids is 1. The summed E-state index contributed by atoms with van der Waals surface area (Å²) in [5.41, 5.74) is 4.64. The molecule has 0 bridgehead atoms. The summed E-state index contributed by atoms with van der Waals surface area (Å²) in [6, 6.07) is 24.2. The highest BCUT2D eigenvalue weighted by Gasteiger charge is 2.21. The molecule has 0 spiro atoms. The highest BCUT2D eigenvalue weighted by Crippen LogP contribution is 2.19. The number of hydrogen-bond acceptors (Lipinski definition) is 5. The van der Waals surface area contributed by atoms with Gasteiger partial charge in [0.2, 0.25) is 0 Å². The molecule has 1 amide bonds. The number of rotatable bonds is 7. The molecule has 0 unspecified atom stereocenters. The van der Waals surface area contributed by atoms with E-state index in [-0.39, 0.29) is 11.9 Å². The first-order chi connectivity index (χ1) is 16.7. The molecule has 1 fully saturated rings. The SMILES string of the molecule is COc1cccc(Cn2nnc3cc(C(=O)NC4CCN(Cc5ccccc5)CC4)ccc32)c1. The zero-order chi connectivity index (χ0) is 23.3. The number of methoxy groups -OCH3 is 1. The first-order valence-corrected chi connectivity index (χ1v) is 11.7. The Balaban J connectivity index is 1.19. The lowest BCUT2D eigenvalue weighted by molar-refractivity contribution is 0.0909. The van der Waals surface area contributed by atoms with Gasteiger partial charge in [-0.2, -0.15) is 0 Å². The van der Waals surface area contributed by atoms with E-state index in [1.54, 1.807) is 7.11 Å². The Bertz CT molecular complexity index is 1260. The number of fused-ring (bicyclic) bond motifs is 1. The number of amides is 1. The normalized spacial score (nSPS) is 14.9. The summed E-state index contributed by atoms with van der Waals surface area (Å²) in [4.78, 5) is 15.4. The molecule has 5 rings (SSSR count). The fourth-order valence-corrected chi connectivity index (χ4v) is 4.52. The molecule has 2 heterocycles. The van der Waals surface area contributed by atoms with Crippen molar-refractivity contribution >= 4 is 16.9 Å². The molecule has 0 atom stereocenters. The molecule has 4 aromatic rings. The Labute approximate surface area is 199 Å². The molecule has 1 N–H and O–H groups in total. The second-order valence-corrected chi connectivity index (χ2v) is 8.81. The van der Waals surface area contributed by atoms with Gasteiger partial charge in [-0.3, -0.25) is 9.69 Å². The number of ether oxygens (including phenoxy) is 1. The van der Waals surface area contributed by atoms with Crippen molar-refractivity contribution in [1.29, 1.82) is 0 Å². The van der Waals surface area contributed by atoms with Gasteiger partial charge in [0.25, 0.3) is 5.91 Å². The van der Waals surface area contributed by atoms with Crippen LogP contribution >= 0.6 is 0 Å². The van der Waals surface area contributed by atoms with E-state index in [9.17, 15) is 4.79 Å². The molecular formula is C27H29N5O2. The third-order valence-corrected chi connectivity index (χ3v) is 6.41. The average Bonchev–Trinajstić information content (AvgIpc) is 3.28. The molecule has 1 saturated heterocycles. The second-order valence-electron chi connectivity index (χ2n) is 8.81. The summed E-state index contributed by atoms with van der Waals surface area (Å²) < 4.78 is 7.15. The Kier molecular flexibility index (Phi) is 6.53. The number of piperidine rings is 1. The van der Waals surface area contributed by atoms with Gasteiger partial charge in [0.15, 0.2) is 0 Å². The fraction of sp³-hybridized carbons (Fsp3) is 0.296. The van der Waals surface area contributed by atoms with E-state index in [1.165, 1.54) is 5.56 Å². The zero-order valence-electron chi connectivity index (χ0n) is 19.4. The number of hydrogen-bond donors (Lipinski definition) is 1. The van der Waals surface area contributed by atoms with Gasteiger partial charge in [-0.25, -0.2) is 4.68 Å². The molecule has 0 aliphatic carbocycles. The molecule has 34 heavy (non-hydrogen) atoms. The standard InChI is InChI=1S/C27H29N5O2/c1-34-24-9-5-8-21(16-24)19-32-26-11-10-22(17-25(26)29-30-32)27(33)28-23-12-14-31(15-13-23)18-20-6-3-2-4-7-20/h2-11,16-17,23H,12-15,18-19H2,1H3,(H,28,33). The van der Waals surface area contributed by atoms with Crippen LogP contribution in [0.2, 0.25) is 0 Å². The van der Waals surface area contributed by atoms with Crippen LogP contribution < -0.4 is 10.1 Å². The van der Waals surface area contributed by atoms with E-state index in [4.69, 9.17) is 4.74 Å². The smallest absolute Gasteiger partial charge is 0.251 e. The van der Waals surface area contributed by atoms with Crippen molar-refractivity contribution in [2.24, 2.45) is 0 Å². The van der Waals surface area contributed by atoms with Crippen molar-refractivity contribution in [3.05, 3.63) is 89.5 Å². The van der Waals surface area contributed by atoms with Crippen LogP contribution in [0.3, 0.4) is 0 Å². The maximum absolute atomic E-state index is 12.9. The van der Waals surface area contributed by atoms with E-state index in [2.05, 4.69) is 44.8 Å². The Morgan fingerprint density at radius 2 is 1.76 bits per heavy atom. The monoisotopic (exact) mass is 455 g/mol. The molecule has 1 aromatic heterocycles. The van der Waals surface area contributed by atoms with Gasteiger partial charge >= 0.3 is 0 Å². The van der Waals surface area contributed by atoms with Gasteiger partial charge in [-0.1, -0.05) is 47.7 Å². The lowest BCUT2D eigenvalue weighted by Crippen LogP contribution is -2.44. The highest BCUT2D eigenvalue weighted by molar-refractivity contribution is 5.97. The molecule has 7 nitrogen and oxygen atoms in total. The Morgan fingerprint density at radius 3 is 2.56 bits per heavy atom. The van der Waals surface area contributed by atoms with E-state index < -0.39 is 0 Å². The summed E-state index contributed by atoms with van der Waals surface area (Å²) in [5.74, 6) is 0.762. The topological polar surface area (TPSA) is 72.3 Å². The first kappa shape index (κ1) is 22.1. The molecule has 1 aliphatic heterocycles. The Morgan fingerprint density at radius 1 is 0.971 bits per heavy atom. The number of carbonyl (C=O) groups is 1. The van der Waals surface area contributed by atoms with Gasteiger partial charge in [-0.05, 0) is 54.3 Å². The van der Waals surface area contributed by atoms with Gasteiger partial charge < -0.3 is 10.1 Å². The van der Waals surface area contributed by atoms with Crippen molar-refractivity contribution in [2.45, 2.75) is 32.0 Å². The Hall–Kier alpha value is -3.71. The third kappa shape index (κ3) is 5.10. The minimum atomic E-state index is -0.0502. The van der Waals surface area contributed by atoms with Crippen LogP contribution in [0, 0.1) is 0 Å². The van der Waals surface area contributed by atoms with Crippen LogP contribution in [0.25, 0.3) is 11.0 Å². The van der Waals surface area contributed by atoms with Gasteiger partial charge in [0.05, 0.1) is 19.2 Å². The largest absolute Gasteiger partial charge is 0.497 e. The zero-order valence-corrected chi connectivity index (χ0v) is 19.4. The number of likely N-dealkylation sites (tertiary alicyclic amines) is 1. The molecule has 174 valence electrons. The summed E-state index contributed by atoms with van der Waals surface area (Å²) in [6.07, 6.45) is 1.91. The lowest BCUT2D eigenvalue weighted by Gasteiger charge is -2.32. The van der Waals surface area contributed by atoms with E-state index in [0.29, 0.717) is 17.6 Å².